The van der Waals surface area contributed by atoms with Gasteiger partial charge >= 0.3 is 37.7 Å². The summed E-state index contributed by atoms with van der Waals surface area (Å²) in [5.41, 5.74) is 5.02. The first kappa shape index (κ1) is 51.6. The molecule has 9 heteroatoms. The van der Waals surface area contributed by atoms with Gasteiger partial charge in [-0.2, -0.15) is 0 Å². The van der Waals surface area contributed by atoms with Gasteiger partial charge in [-0.05, 0) is 119 Å². The van der Waals surface area contributed by atoms with Crippen molar-refractivity contribution in [1.82, 2.24) is 0 Å². The molecule has 0 amide bonds. The molecule has 0 saturated heterocycles. The molecule has 0 unspecified atom stereocenters. The Bertz CT molecular complexity index is 1830. The summed E-state index contributed by atoms with van der Waals surface area (Å²) in [6, 6.07) is 18.4. The molecule has 57 heavy (non-hydrogen) atoms. The topological polar surface area (TPSA) is 114 Å². The number of hydrogen-bond acceptors (Lipinski definition) is 6. The van der Waals surface area contributed by atoms with Crippen molar-refractivity contribution in [3.63, 3.8) is 0 Å². The van der Waals surface area contributed by atoms with E-state index in [-0.39, 0.29) is 47.5 Å². The van der Waals surface area contributed by atoms with Gasteiger partial charge in [-0.3, -0.25) is 0 Å². The fourth-order valence-electron chi connectivity index (χ4n) is 7.68. The van der Waals surface area contributed by atoms with Gasteiger partial charge in [-0.15, -0.1) is 0 Å². The third kappa shape index (κ3) is 19.2. The van der Waals surface area contributed by atoms with Gasteiger partial charge in [-0.25, -0.2) is 16.8 Å². The number of rotatable bonds is 26. The molecular weight excluding hydrogens is 777 g/mol. The Morgan fingerprint density at radius 2 is 0.684 bits per heavy atom. The van der Waals surface area contributed by atoms with Crippen LogP contribution in [0.2, 0.25) is 0 Å². The van der Waals surface area contributed by atoms with Crippen molar-refractivity contribution in [3.05, 3.63) is 82.9 Å². The van der Waals surface area contributed by atoms with Gasteiger partial charge in [0.15, 0.2) is 0 Å². The third-order valence-corrected chi connectivity index (χ3v) is 12.6. The molecule has 4 aromatic carbocycles. The minimum Gasteiger partial charge on any atom is -0.744 e. The zero-order valence-corrected chi connectivity index (χ0v) is 39.6. The Balaban J connectivity index is 0.000000387. The standard InChI is InChI=1S/2C24H36O3S.Ca/c2*1-3-5-7-9-11-13-20-17-21(14-12-10-8-6-4-2)24-19-23(28(25,26)27)16-15-22(24)18-20;/h2*15-19H,3-14H2,1-2H3,(H,25,26,27);/q;;+2/p-2. The van der Waals surface area contributed by atoms with Crippen LogP contribution in [0.15, 0.2) is 70.5 Å². The van der Waals surface area contributed by atoms with Crippen molar-refractivity contribution < 1.29 is 25.9 Å². The minimum absolute atomic E-state index is 0. The van der Waals surface area contributed by atoms with Crippen LogP contribution < -0.4 is 0 Å². The Kier molecular flexibility index (Phi) is 25.4. The SMILES string of the molecule is CCCCCCCc1cc(CCCCCCC)c2cc(S(=O)(=O)[O-])ccc2c1.CCCCCCCc1cc(CCCCCCC)c2cc(S(=O)(=O)[O-])ccc2c1.[Ca+2]. The number of aryl methyl sites for hydroxylation is 4. The first-order valence-electron chi connectivity index (χ1n) is 21.9. The second-order valence-electron chi connectivity index (χ2n) is 15.8. The molecule has 0 bridgehead atoms. The molecule has 0 saturated carbocycles. The van der Waals surface area contributed by atoms with Gasteiger partial charge in [0.1, 0.15) is 20.2 Å². The minimum atomic E-state index is -4.43. The molecule has 4 rings (SSSR count). The fraction of sp³-hybridized carbons (Fsp3) is 0.583. The van der Waals surface area contributed by atoms with E-state index in [0.29, 0.717) is 0 Å². The fourth-order valence-corrected chi connectivity index (χ4v) is 8.68. The number of unbranched alkanes of at least 4 members (excludes halogenated alkanes) is 16. The third-order valence-electron chi connectivity index (χ3n) is 11.0. The van der Waals surface area contributed by atoms with E-state index in [1.807, 2.05) is 0 Å². The zero-order chi connectivity index (χ0) is 40.8. The average molecular weight is 847 g/mol. The Morgan fingerprint density at radius 1 is 0.386 bits per heavy atom. The van der Waals surface area contributed by atoms with Crippen LogP contribution in [-0.2, 0) is 45.9 Å². The molecule has 0 N–H and O–H groups in total. The van der Waals surface area contributed by atoms with Crippen LogP contribution in [0.5, 0.6) is 0 Å². The summed E-state index contributed by atoms with van der Waals surface area (Å²) < 4.78 is 68.8. The summed E-state index contributed by atoms with van der Waals surface area (Å²) in [6.07, 6.45) is 28.6. The van der Waals surface area contributed by atoms with Gasteiger partial charge in [0.05, 0.1) is 9.79 Å². The first-order valence-corrected chi connectivity index (χ1v) is 24.8. The van der Waals surface area contributed by atoms with Crippen molar-refractivity contribution in [1.29, 1.82) is 0 Å². The van der Waals surface area contributed by atoms with Gasteiger partial charge < -0.3 is 9.11 Å². The summed E-state index contributed by atoms with van der Waals surface area (Å²) in [4.78, 5) is -0.251. The number of fused-ring (bicyclic) bond motifs is 2. The van der Waals surface area contributed by atoms with E-state index >= 15 is 0 Å². The molecular formula is C48H70CaO6S2. The number of benzene rings is 4. The van der Waals surface area contributed by atoms with E-state index in [1.165, 1.54) is 150 Å². The quantitative estimate of drug-likeness (QED) is 0.0353. The molecule has 0 spiro atoms. The van der Waals surface area contributed by atoms with E-state index in [9.17, 15) is 25.9 Å². The monoisotopic (exact) mass is 846 g/mol. The summed E-state index contributed by atoms with van der Waals surface area (Å²) in [6.45, 7) is 8.88. The van der Waals surface area contributed by atoms with Crippen LogP contribution in [-0.4, -0.2) is 63.7 Å². The van der Waals surface area contributed by atoms with Gasteiger partial charge in [-0.1, -0.05) is 167 Å². The molecule has 0 aliphatic rings. The molecule has 0 heterocycles. The molecule has 0 aliphatic carbocycles. The van der Waals surface area contributed by atoms with Gasteiger partial charge in [0.25, 0.3) is 0 Å². The predicted octanol–water partition coefficient (Wildman–Crippen LogP) is 13.2. The van der Waals surface area contributed by atoms with E-state index in [0.717, 1.165) is 60.1 Å². The summed E-state index contributed by atoms with van der Waals surface area (Å²) in [5, 5.41) is 3.92. The van der Waals surface area contributed by atoms with E-state index < -0.39 is 20.2 Å². The smallest absolute Gasteiger partial charge is 0.744 e. The second kappa shape index (κ2) is 28.1. The van der Waals surface area contributed by atoms with Crippen LogP contribution in [0.3, 0.4) is 0 Å². The molecule has 312 valence electrons. The molecule has 0 aliphatic heterocycles. The van der Waals surface area contributed by atoms with Gasteiger partial charge in [0, 0.05) is 0 Å². The zero-order valence-electron chi connectivity index (χ0n) is 35.7. The Hall–Kier alpha value is -1.52. The largest absolute Gasteiger partial charge is 2.00 e. The molecule has 0 fully saturated rings. The maximum absolute atomic E-state index is 11.5. The molecule has 0 aromatic heterocycles. The van der Waals surface area contributed by atoms with Gasteiger partial charge in [0.2, 0.25) is 0 Å². The maximum Gasteiger partial charge on any atom is 2.00 e. The maximum atomic E-state index is 11.5. The van der Waals surface area contributed by atoms with Crippen molar-refractivity contribution in [2.45, 2.75) is 192 Å². The van der Waals surface area contributed by atoms with E-state index in [1.54, 1.807) is 24.3 Å². The molecule has 0 atom stereocenters. The van der Waals surface area contributed by atoms with Crippen LogP contribution in [0.25, 0.3) is 21.5 Å². The van der Waals surface area contributed by atoms with E-state index in [4.69, 9.17) is 0 Å². The second-order valence-corrected chi connectivity index (χ2v) is 18.6. The van der Waals surface area contributed by atoms with Crippen LogP contribution in [0.1, 0.15) is 178 Å². The van der Waals surface area contributed by atoms with Crippen molar-refractivity contribution in [2.75, 3.05) is 0 Å². The summed E-state index contributed by atoms with van der Waals surface area (Å²) in [7, 11) is -8.85. The van der Waals surface area contributed by atoms with E-state index in [2.05, 4.69) is 52.0 Å². The van der Waals surface area contributed by atoms with Crippen molar-refractivity contribution in [3.8, 4) is 0 Å². The molecule has 0 radical (unpaired) electrons. The summed E-state index contributed by atoms with van der Waals surface area (Å²) in [5.74, 6) is 0. The Morgan fingerprint density at radius 3 is 0.982 bits per heavy atom. The van der Waals surface area contributed by atoms with Crippen molar-refractivity contribution >= 4 is 79.5 Å². The predicted molar refractivity (Wildman–Crippen MR) is 239 cm³/mol. The molecule has 6 nitrogen and oxygen atoms in total. The van der Waals surface area contributed by atoms with Crippen LogP contribution in [0.4, 0.5) is 0 Å². The first-order chi connectivity index (χ1) is 26.9. The summed E-state index contributed by atoms with van der Waals surface area (Å²) >= 11 is 0. The molecule has 4 aromatic rings. The van der Waals surface area contributed by atoms with Crippen LogP contribution >= 0.6 is 0 Å². The average Bonchev–Trinajstić information content (AvgIpc) is 3.16. The van der Waals surface area contributed by atoms with Crippen molar-refractivity contribution in [2.24, 2.45) is 0 Å². The number of hydrogen-bond donors (Lipinski definition) is 0. The van der Waals surface area contributed by atoms with Crippen LogP contribution in [0, 0.1) is 0 Å². The normalized spacial score (nSPS) is 11.8. The Labute approximate surface area is 376 Å².